The van der Waals surface area contributed by atoms with Crippen LogP contribution in [-0.2, 0) is 4.79 Å². The van der Waals surface area contributed by atoms with E-state index in [1.807, 2.05) is 18.7 Å². The molecule has 120 valence electrons. The van der Waals surface area contributed by atoms with E-state index in [2.05, 4.69) is 5.16 Å². The van der Waals surface area contributed by atoms with Crippen molar-refractivity contribution in [3.8, 4) is 0 Å². The molecule has 0 N–H and O–H groups in total. The molecule has 1 aliphatic heterocycles. The maximum atomic E-state index is 12.7. The first kappa shape index (κ1) is 15.3. The minimum absolute atomic E-state index is 0.0247. The number of hydrogen-bond donors (Lipinski definition) is 0. The molecule has 0 unspecified atom stereocenters. The third-order valence-corrected chi connectivity index (χ3v) is 4.94. The van der Waals surface area contributed by atoms with Gasteiger partial charge in [-0.2, -0.15) is 0 Å². The third-order valence-electron chi connectivity index (χ3n) is 4.94. The molecule has 1 saturated carbocycles. The van der Waals surface area contributed by atoms with E-state index in [4.69, 9.17) is 4.52 Å². The van der Waals surface area contributed by atoms with Crippen molar-refractivity contribution >= 4 is 11.7 Å². The van der Waals surface area contributed by atoms with Crippen LogP contribution in [0.3, 0.4) is 0 Å². The van der Waals surface area contributed by atoms with Crippen LogP contribution in [0.15, 0.2) is 10.6 Å². The number of nitrogens with zero attached hydrogens (tertiary/aromatic N) is 2. The first-order chi connectivity index (χ1) is 10.6. The fraction of sp³-hybridized carbons (Fsp3) is 0.706. The van der Waals surface area contributed by atoms with E-state index in [9.17, 15) is 9.59 Å². The van der Waals surface area contributed by atoms with Gasteiger partial charge in [0.2, 0.25) is 0 Å². The highest BCUT2D eigenvalue weighted by Gasteiger charge is 2.39. The SMILES string of the molecule is CC(C)c1cc(C(=O)N2CCC[C@@H]2[C@H]2CCCCC2=O)no1. The number of carbonyl (C=O) groups excluding carboxylic acids is 2. The summed E-state index contributed by atoms with van der Waals surface area (Å²) >= 11 is 0. The van der Waals surface area contributed by atoms with E-state index in [-0.39, 0.29) is 23.8 Å². The van der Waals surface area contributed by atoms with Crippen LogP contribution in [0.4, 0.5) is 0 Å². The van der Waals surface area contributed by atoms with Crippen molar-refractivity contribution in [2.24, 2.45) is 5.92 Å². The highest BCUT2D eigenvalue weighted by molar-refractivity contribution is 5.93. The zero-order chi connectivity index (χ0) is 15.7. The molecule has 0 bridgehead atoms. The van der Waals surface area contributed by atoms with Crippen molar-refractivity contribution in [1.29, 1.82) is 0 Å². The normalized spacial score (nSPS) is 26.0. The number of ketones is 1. The molecule has 2 atom stereocenters. The highest BCUT2D eigenvalue weighted by atomic mass is 16.5. The van der Waals surface area contributed by atoms with E-state index in [1.54, 1.807) is 6.07 Å². The van der Waals surface area contributed by atoms with Gasteiger partial charge >= 0.3 is 0 Å². The predicted molar refractivity (Wildman–Crippen MR) is 81.6 cm³/mol. The molecule has 1 aliphatic carbocycles. The summed E-state index contributed by atoms with van der Waals surface area (Å²) in [6, 6.07) is 1.80. The maximum Gasteiger partial charge on any atom is 0.276 e. The number of hydrogen-bond acceptors (Lipinski definition) is 4. The van der Waals surface area contributed by atoms with Crippen LogP contribution in [0, 0.1) is 5.92 Å². The number of Topliss-reactive ketones (excluding diaryl/α,β-unsaturated/α-hetero) is 1. The van der Waals surface area contributed by atoms with Gasteiger partial charge < -0.3 is 9.42 Å². The second kappa shape index (κ2) is 6.23. The number of rotatable bonds is 3. The summed E-state index contributed by atoms with van der Waals surface area (Å²) < 4.78 is 5.24. The molecule has 1 aromatic rings. The van der Waals surface area contributed by atoms with E-state index >= 15 is 0 Å². The van der Waals surface area contributed by atoms with Gasteiger partial charge in [-0.3, -0.25) is 9.59 Å². The molecule has 1 amide bonds. The number of carbonyl (C=O) groups is 2. The lowest BCUT2D eigenvalue weighted by atomic mass is 9.82. The van der Waals surface area contributed by atoms with Crippen LogP contribution in [0.25, 0.3) is 0 Å². The van der Waals surface area contributed by atoms with Crippen molar-refractivity contribution in [1.82, 2.24) is 10.1 Å². The molecule has 5 heteroatoms. The Hall–Kier alpha value is -1.65. The van der Waals surface area contributed by atoms with Crippen LogP contribution < -0.4 is 0 Å². The van der Waals surface area contributed by atoms with Gasteiger partial charge in [-0.1, -0.05) is 25.4 Å². The monoisotopic (exact) mass is 304 g/mol. The van der Waals surface area contributed by atoms with Crippen molar-refractivity contribution in [3.63, 3.8) is 0 Å². The molecule has 0 spiro atoms. The topological polar surface area (TPSA) is 63.4 Å². The Kier molecular flexibility index (Phi) is 4.32. The van der Waals surface area contributed by atoms with Gasteiger partial charge in [0.25, 0.3) is 5.91 Å². The van der Waals surface area contributed by atoms with E-state index in [1.165, 1.54) is 0 Å². The molecule has 2 fully saturated rings. The Morgan fingerprint density at radius 1 is 1.32 bits per heavy atom. The molecule has 2 heterocycles. The zero-order valence-corrected chi connectivity index (χ0v) is 13.4. The van der Waals surface area contributed by atoms with Gasteiger partial charge in [0.15, 0.2) is 5.69 Å². The third kappa shape index (κ3) is 2.81. The molecule has 22 heavy (non-hydrogen) atoms. The Morgan fingerprint density at radius 2 is 2.14 bits per heavy atom. The minimum Gasteiger partial charge on any atom is -0.360 e. The van der Waals surface area contributed by atoms with Crippen molar-refractivity contribution in [3.05, 3.63) is 17.5 Å². The van der Waals surface area contributed by atoms with Gasteiger partial charge in [0.05, 0.1) is 0 Å². The van der Waals surface area contributed by atoms with Crippen LogP contribution in [0.5, 0.6) is 0 Å². The fourth-order valence-electron chi connectivity index (χ4n) is 3.69. The van der Waals surface area contributed by atoms with Crippen molar-refractivity contribution in [2.45, 2.75) is 64.3 Å². The van der Waals surface area contributed by atoms with Crippen LogP contribution >= 0.6 is 0 Å². The largest absolute Gasteiger partial charge is 0.360 e. The molecule has 0 aromatic carbocycles. The lowest BCUT2D eigenvalue weighted by molar-refractivity contribution is -0.126. The first-order valence-corrected chi connectivity index (χ1v) is 8.38. The molecule has 1 saturated heterocycles. The molecule has 5 nitrogen and oxygen atoms in total. The van der Waals surface area contributed by atoms with Crippen molar-refractivity contribution < 1.29 is 14.1 Å². The van der Waals surface area contributed by atoms with E-state index in [0.29, 0.717) is 17.9 Å². The maximum absolute atomic E-state index is 12.7. The minimum atomic E-state index is -0.0866. The summed E-state index contributed by atoms with van der Waals surface area (Å²) in [4.78, 5) is 26.8. The first-order valence-electron chi connectivity index (χ1n) is 8.38. The molecule has 0 radical (unpaired) electrons. The van der Waals surface area contributed by atoms with Crippen LogP contribution in [0.2, 0.25) is 0 Å². The van der Waals surface area contributed by atoms with Crippen LogP contribution in [0.1, 0.15) is 74.5 Å². The molecular weight excluding hydrogens is 280 g/mol. The molecule has 2 aliphatic rings. The lowest BCUT2D eigenvalue weighted by Gasteiger charge is -2.32. The summed E-state index contributed by atoms with van der Waals surface area (Å²) in [5.41, 5.74) is 0.374. The molecule has 3 rings (SSSR count). The average Bonchev–Trinajstić information content (AvgIpc) is 3.16. The van der Waals surface area contributed by atoms with E-state index in [0.717, 1.165) is 44.4 Å². The summed E-state index contributed by atoms with van der Waals surface area (Å²) in [5, 5.41) is 3.93. The van der Waals surface area contributed by atoms with Gasteiger partial charge in [-0.05, 0) is 25.7 Å². The molecular formula is C17H24N2O3. The zero-order valence-electron chi connectivity index (χ0n) is 13.4. The lowest BCUT2D eigenvalue weighted by Crippen LogP contribution is -2.43. The molecule has 1 aromatic heterocycles. The van der Waals surface area contributed by atoms with Gasteiger partial charge in [-0.15, -0.1) is 0 Å². The second-order valence-corrected chi connectivity index (χ2v) is 6.80. The Morgan fingerprint density at radius 3 is 2.82 bits per heavy atom. The summed E-state index contributed by atoms with van der Waals surface area (Å²) in [7, 11) is 0. The summed E-state index contributed by atoms with van der Waals surface area (Å²) in [6.07, 6.45) is 5.58. The Bertz CT molecular complexity index is 564. The highest BCUT2D eigenvalue weighted by Crippen LogP contribution is 2.33. The standard InChI is InChI=1S/C17H24N2O3/c1-11(2)16-10-13(18-22-16)17(21)19-9-5-7-14(19)12-6-3-4-8-15(12)20/h10-12,14H,3-9H2,1-2H3/t12-,14-/m1/s1. The number of amides is 1. The van der Waals surface area contributed by atoms with Gasteiger partial charge in [0, 0.05) is 36.9 Å². The smallest absolute Gasteiger partial charge is 0.276 e. The van der Waals surface area contributed by atoms with E-state index < -0.39 is 0 Å². The Labute approximate surface area is 131 Å². The predicted octanol–water partition coefficient (Wildman–Crippen LogP) is 3.16. The van der Waals surface area contributed by atoms with Crippen molar-refractivity contribution in [2.75, 3.05) is 6.54 Å². The van der Waals surface area contributed by atoms with Crippen LogP contribution in [-0.4, -0.2) is 34.3 Å². The number of aromatic nitrogens is 1. The quantitative estimate of drug-likeness (QED) is 0.860. The average molecular weight is 304 g/mol. The summed E-state index contributed by atoms with van der Waals surface area (Å²) in [5.74, 6) is 1.21. The van der Waals surface area contributed by atoms with Gasteiger partial charge in [0.1, 0.15) is 11.5 Å². The second-order valence-electron chi connectivity index (χ2n) is 6.80. The summed E-state index contributed by atoms with van der Waals surface area (Å²) in [6.45, 7) is 4.74. The van der Waals surface area contributed by atoms with Gasteiger partial charge in [-0.25, -0.2) is 0 Å². The fourth-order valence-corrected chi connectivity index (χ4v) is 3.69. The Balaban J connectivity index is 1.76. The number of likely N-dealkylation sites (tertiary alicyclic amines) is 1.